The van der Waals surface area contributed by atoms with E-state index in [0.29, 0.717) is 18.2 Å². The van der Waals surface area contributed by atoms with Gasteiger partial charge in [-0.1, -0.05) is 0 Å². The zero-order valence-corrected chi connectivity index (χ0v) is 10.8. The maximum Gasteiger partial charge on any atom is 0.160 e. The Bertz CT molecular complexity index is 705. The Hall–Kier alpha value is -1.85. The minimum absolute atomic E-state index is 0.106. The summed E-state index contributed by atoms with van der Waals surface area (Å²) < 4.78 is 7.40. The number of furan rings is 1. The molecule has 6 heteroatoms. The van der Waals surface area contributed by atoms with E-state index in [1.54, 1.807) is 12.3 Å². The molecule has 0 bridgehead atoms. The normalized spacial score (nSPS) is 11.3. The average molecular weight is 278 g/mol. The molecule has 0 spiro atoms. The Morgan fingerprint density at radius 2 is 2.11 bits per heavy atom. The number of rotatable bonds is 4. The van der Waals surface area contributed by atoms with E-state index in [1.165, 1.54) is 0 Å². The lowest BCUT2D eigenvalue weighted by Crippen LogP contribution is -2.03. The number of imidazole rings is 1. The van der Waals surface area contributed by atoms with Crippen LogP contribution in [0.1, 0.15) is 17.3 Å². The summed E-state index contributed by atoms with van der Waals surface area (Å²) in [5.41, 5.74) is 1.59. The SMILES string of the molecule is OCc1ccc(Cn2c(CCl)nc3cccnc32)o1. The van der Waals surface area contributed by atoms with Gasteiger partial charge in [0.1, 0.15) is 29.5 Å². The van der Waals surface area contributed by atoms with Crippen molar-refractivity contribution in [1.29, 1.82) is 0 Å². The Kier molecular flexibility index (Phi) is 3.23. The van der Waals surface area contributed by atoms with Crippen LogP contribution in [0.3, 0.4) is 0 Å². The molecule has 0 saturated heterocycles. The molecule has 3 rings (SSSR count). The number of fused-ring (bicyclic) bond motifs is 1. The van der Waals surface area contributed by atoms with Crippen molar-refractivity contribution in [2.24, 2.45) is 0 Å². The summed E-state index contributed by atoms with van der Waals surface area (Å²) in [5, 5.41) is 9.00. The number of hydrogen-bond donors (Lipinski definition) is 1. The average Bonchev–Trinajstić information content (AvgIpc) is 3.04. The van der Waals surface area contributed by atoms with Gasteiger partial charge in [-0.3, -0.25) is 0 Å². The van der Waals surface area contributed by atoms with Crippen LogP contribution < -0.4 is 0 Å². The number of alkyl halides is 1. The molecule has 1 N–H and O–H groups in total. The van der Waals surface area contributed by atoms with Crippen molar-refractivity contribution in [3.8, 4) is 0 Å². The quantitative estimate of drug-likeness (QED) is 0.743. The fourth-order valence-corrected chi connectivity index (χ4v) is 2.23. The fourth-order valence-electron chi connectivity index (χ4n) is 2.02. The largest absolute Gasteiger partial charge is 0.462 e. The number of halogens is 1. The van der Waals surface area contributed by atoms with Gasteiger partial charge in [-0.2, -0.15) is 0 Å². The number of pyridine rings is 1. The number of aromatic nitrogens is 3. The molecule has 3 heterocycles. The van der Waals surface area contributed by atoms with Crippen LogP contribution in [0.25, 0.3) is 11.2 Å². The zero-order valence-electron chi connectivity index (χ0n) is 10.1. The highest BCUT2D eigenvalue weighted by atomic mass is 35.5. The molecule has 0 aliphatic carbocycles. The number of aliphatic hydroxyl groups is 1. The van der Waals surface area contributed by atoms with E-state index in [9.17, 15) is 0 Å². The summed E-state index contributed by atoms with van der Waals surface area (Å²) in [4.78, 5) is 8.76. The monoisotopic (exact) mass is 277 g/mol. The molecule has 0 amide bonds. The minimum atomic E-state index is -0.106. The van der Waals surface area contributed by atoms with Crippen molar-refractivity contribution in [3.63, 3.8) is 0 Å². The topological polar surface area (TPSA) is 64.1 Å². The lowest BCUT2D eigenvalue weighted by molar-refractivity contribution is 0.243. The lowest BCUT2D eigenvalue weighted by Gasteiger charge is -2.04. The van der Waals surface area contributed by atoms with Crippen molar-refractivity contribution in [3.05, 3.63) is 47.8 Å². The first-order chi connectivity index (χ1) is 9.31. The summed E-state index contributed by atoms with van der Waals surface area (Å²) >= 11 is 5.92. The van der Waals surface area contributed by atoms with Crippen LogP contribution in [0.2, 0.25) is 0 Å². The van der Waals surface area contributed by atoms with E-state index in [1.807, 2.05) is 22.8 Å². The Morgan fingerprint density at radius 3 is 2.84 bits per heavy atom. The van der Waals surface area contributed by atoms with E-state index in [4.69, 9.17) is 21.1 Å². The van der Waals surface area contributed by atoms with Crippen molar-refractivity contribution in [1.82, 2.24) is 14.5 Å². The Morgan fingerprint density at radius 1 is 1.26 bits per heavy atom. The highest BCUT2D eigenvalue weighted by Gasteiger charge is 2.12. The first kappa shape index (κ1) is 12.2. The van der Waals surface area contributed by atoms with Crippen molar-refractivity contribution in [2.45, 2.75) is 19.0 Å². The first-order valence-electron chi connectivity index (χ1n) is 5.86. The minimum Gasteiger partial charge on any atom is -0.462 e. The molecular formula is C13H12ClN3O2. The van der Waals surface area contributed by atoms with Gasteiger partial charge < -0.3 is 14.1 Å². The predicted molar refractivity (Wildman–Crippen MR) is 70.8 cm³/mol. The summed E-state index contributed by atoms with van der Waals surface area (Å²) in [6, 6.07) is 7.32. The van der Waals surface area contributed by atoms with E-state index in [2.05, 4.69) is 9.97 Å². The molecule has 0 fully saturated rings. The molecular weight excluding hydrogens is 266 g/mol. The van der Waals surface area contributed by atoms with Gasteiger partial charge in [-0.15, -0.1) is 11.6 Å². The van der Waals surface area contributed by atoms with Gasteiger partial charge in [0.05, 0.1) is 12.4 Å². The van der Waals surface area contributed by atoms with Crippen LogP contribution in [0.4, 0.5) is 0 Å². The second-order valence-corrected chi connectivity index (χ2v) is 4.39. The molecule has 98 valence electrons. The van der Waals surface area contributed by atoms with Crippen molar-refractivity contribution >= 4 is 22.8 Å². The second kappa shape index (κ2) is 5.03. The number of nitrogens with zero attached hydrogens (tertiary/aromatic N) is 3. The molecule has 19 heavy (non-hydrogen) atoms. The summed E-state index contributed by atoms with van der Waals surface area (Å²) in [5.74, 6) is 2.33. The maximum atomic E-state index is 9.00. The van der Waals surface area contributed by atoms with E-state index in [-0.39, 0.29) is 6.61 Å². The highest BCUT2D eigenvalue weighted by Crippen LogP contribution is 2.18. The third-order valence-electron chi connectivity index (χ3n) is 2.89. The molecule has 0 aliphatic rings. The summed E-state index contributed by atoms with van der Waals surface area (Å²) in [6.45, 7) is 0.390. The number of aliphatic hydroxyl groups excluding tert-OH is 1. The van der Waals surface area contributed by atoms with Crippen LogP contribution in [0.15, 0.2) is 34.9 Å². The first-order valence-corrected chi connectivity index (χ1v) is 6.40. The van der Waals surface area contributed by atoms with E-state index < -0.39 is 0 Å². The van der Waals surface area contributed by atoms with Gasteiger partial charge in [0, 0.05) is 6.20 Å². The van der Waals surface area contributed by atoms with Crippen LogP contribution >= 0.6 is 11.6 Å². The predicted octanol–water partition coefficient (Wildman–Crippen LogP) is 2.30. The van der Waals surface area contributed by atoms with Gasteiger partial charge in [-0.25, -0.2) is 9.97 Å². The van der Waals surface area contributed by atoms with Gasteiger partial charge in [0.2, 0.25) is 0 Å². The third-order valence-corrected chi connectivity index (χ3v) is 3.13. The lowest BCUT2D eigenvalue weighted by atomic mass is 10.4. The van der Waals surface area contributed by atoms with Gasteiger partial charge in [0.25, 0.3) is 0 Å². The molecule has 5 nitrogen and oxygen atoms in total. The Balaban J connectivity index is 2.03. The molecule has 0 radical (unpaired) electrons. The molecule has 0 unspecified atom stereocenters. The fraction of sp³-hybridized carbons (Fsp3) is 0.231. The molecule has 0 saturated carbocycles. The van der Waals surface area contributed by atoms with Crippen LogP contribution in [-0.2, 0) is 19.0 Å². The van der Waals surface area contributed by atoms with E-state index in [0.717, 1.165) is 22.7 Å². The van der Waals surface area contributed by atoms with Crippen LogP contribution in [0, 0.1) is 0 Å². The third kappa shape index (κ3) is 2.22. The van der Waals surface area contributed by atoms with Crippen LogP contribution in [-0.4, -0.2) is 19.6 Å². The second-order valence-electron chi connectivity index (χ2n) is 4.12. The number of hydrogen-bond acceptors (Lipinski definition) is 4. The van der Waals surface area contributed by atoms with E-state index >= 15 is 0 Å². The summed E-state index contributed by atoms with van der Waals surface area (Å²) in [7, 11) is 0. The van der Waals surface area contributed by atoms with Crippen molar-refractivity contribution in [2.75, 3.05) is 0 Å². The maximum absolute atomic E-state index is 9.00. The Labute approximate surface area is 114 Å². The molecule has 0 atom stereocenters. The molecule has 3 aromatic rings. The van der Waals surface area contributed by atoms with Gasteiger partial charge in [-0.05, 0) is 24.3 Å². The molecule has 0 aliphatic heterocycles. The van der Waals surface area contributed by atoms with Gasteiger partial charge >= 0.3 is 0 Å². The molecule has 0 aromatic carbocycles. The molecule has 3 aromatic heterocycles. The standard InChI is InChI=1S/C13H12ClN3O2/c14-6-12-16-11-2-1-5-15-13(11)17(12)7-9-3-4-10(8-18)19-9/h1-5,18H,6-8H2. The van der Waals surface area contributed by atoms with Gasteiger partial charge in [0.15, 0.2) is 5.65 Å². The highest BCUT2D eigenvalue weighted by molar-refractivity contribution is 6.16. The zero-order chi connectivity index (χ0) is 13.2. The summed E-state index contributed by atoms with van der Waals surface area (Å²) in [6.07, 6.45) is 1.72. The smallest absolute Gasteiger partial charge is 0.160 e. The van der Waals surface area contributed by atoms with Crippen LogP contribution in [0.5, 0.6) is 0 Å². The van der Waals surface area contributed by atoms with Crippen molar-refractivity contribution < 1.29 is 9.52 Å².